The lowest BCUT2D eigenvalue weighted by Gasteiger charge is -1.96. The summed E-state index contributed by atoms with van der Waals surface area (Å²) >= 11 is 0.899. The van der Waals surface area contributed by atoms with Crippen LogP contribution < -0.4 is 5.32 Å². The smallest absolute Gasteiger partial charge is 0.282 e. The first-order valence-corrected chi connectivity index (χ1v) is 5.99. The summed E-state index contributed by atoms with van der Waals surface area (Å²) in [4.78, 5) is 22.8. The van der Waals surface area contributed by atoms with Gasteiger partial charge >= 0.3 is 0 Å². The number of benzene rings is 1. The van der Waals surface area contributed by atoms with Crippen molar-refractivity contribution in [3.63, 3.8) is 0 Å². The van der Waals surface area contributed by atoms with Crippen LogP contribution in [0.2, 0.25) is 0 Å². The Morgan fingerprint density at radius 1 is 1.39 bits per heavy atom. The molecule has 0 bridgehead atoms. The van der Waals surface area contributed by atoms with E-state index in [0.717, 1.165) is 28.4 Å². The maximum atomic E-state index is 11.4. The first-order valence-electron chi connectivity index (χ1n) is 5.18. The second-order valence-electron chi connectivity index (χ2n) is 3.81. The Balaban J connectivity index is 2.02. The molecule has 2 amide bonds. The van der Waals surface area contributed by atoms with Gasteiger partial charge in [-0.25, -0.2) is 4.68 Å². The van der Waals surface area contributed by atoms with Crippen LogP contribution in [0.5, 0.6) is 0 Å². The molecule has 90 valence electrons. The minimum atomic E-state index is -0.357. The van der Waals surface area contributed by atoms with Gasteiger partial charge < -0.3 is 0 Å². The molecule has 1 aliphatic rings. The van der Waals surface area contributed by atoms with Gasteiger partial charge in [-0.3, -0.25) is 14.9 Å². The van der Waals surface area contributed by atoms with Gasteiger partial charge in [-0.15, -0.1) is 5.10 Å². The average molecular weight is 260 g/mol. The molecular formula is C11H8N4O2S. The monoisotopic (exact) mass is 260 g/mol. The number of carbonyl (C=O) groups is 2. The number of fused-ring (bicyclic) bond motifs is 1. The Morgan fingerprint density at radius 2 is 2.22 bits per heavy atom. The summed E-state index contributed by atoms with van der Waals surface area (Å²) < 4.78 is 1.67. The fourth-order valence-electron chi connectivity index (χ4n) is 1.72. The van der Waals surface area contributed by atoms with Crippen LogP contribution >= 0.6 is 11.8 Å². The van der Waals surface area contributed by atoms with Crippen molar-refractivity contribution >= 4 is 40.0 Å². The first-order chi connectivity index (χ1) is 8.63. The third-order valence-corrected chi connectivity index (χ3v) is 3.39. The maximum Gasteiger partial charge on any atom is 0.290 e. The van der Waals surface area contributed by atoms with Crippen LogP contribution in [-0.2, 0) is 11.8 Å². The van der Waals surface area contributed by atoms with Crippen LogP contribution in [-0.4, -0.2) is 26.1 Å². The molecule has 0 unspecified atom stereocenters. The van der Waals surface area contributed by atoms with Crippen LogP contribution in [0.1, 0.15) is 5.56 Å². The van der Waals surface area contributed by atoms with E-state index in [-0.39, 0.29) is 11.1 Å². The number of rotatable bonds is 1. The average Bonchev–Trinajstić information content (AvgIpc) is 2.84. The summed E-state index contributed by atoms with van der Waals surface area (Å²) in [7, 11) is 1.81. The summed E-state index contributed by atoms with van der Waals surface area (Å²) in [6.07, 6.45) is 1.67. The highest BCUT2D eigenvalue weighted by Crippen LogP contribution is 2.26. The summed E-state index contributed by atoms with van der Waals surface area (Å²) in [5.74, 6) is -0.357. The zero-order valence-corrected chi connectivity index (χ0v) is 10.2. The van der Waals surface area contributed by atoms with Crippen molar-refractivity contribution in [3.8, 4) is 0 Å². The van der Waals surface area contributed by atoms with Gasteiger partial charge in [0, 0.05) is 7.05 Å². The summed E-state index contributed by atoms with van der Waals surface area (Å²) in [5.41, 5.74) is 2.48. The number of aromatic nitrogens is 3. The van der Waals surface area contributed by atoms with Crippen molar-refractivity contribution in [1.82, 2.24) is 20.3 Å². The van der Waals surface area contributed by atoms with Crippen LogP contribution in [0, 0.1) is 0 Å². The van der Waals surface area contributed by atoms with Crippen molar-refractivity contribution in [2.75, 3.05) is 0 Å². The molecule has 1 N–H and O–H groups in total. The maximum absolute atomic E-state index is 11.4. The molecule has 2 heterocycles. The van der Waals surface area contributed by atoms with Crippen LogP contribution in [0.3, 0.4) is 0 Å². The molecule has 0 spiro atoms. The number of aryl methyl sites for hydroxylation is 1. The predicted octanol–water partition coefficient (Wildman–Crippen LogP) is 1.29. The van der Waals surface area contributed by atoms with Crippen molar-refractivity contribution in [3.05, 3.63) is 28.7 Å². The number of amides is 2. The molecule has 3 rings (SSSR count). The third-order valence-electron chi connectivity index (χ3n) is 2.57. The lowest BCUT2D eigenvalue weighted by molar-refractivity contribution is -0.115. The Hall–Kier alpha value is -2.15. The fraction of sp³-hybridized carbons (Fsp3) is 0.0909. The van der Waals surface area contributed by atoms with Crippen LogP contribution in [0.15, 0.2) is 23.1 Å². The quantitative estimate of drug-likeness (QED) is 0.782. The topological polar surface area (TPSA) is 76.9 Å². The zero-order chi connectivity index (χ0) is 12.7. The van der Waals surface area contributed by atoms with Crippen molar-refractivity contribution < 1.29 is 9.59 Å². The van der Waals surface area contributed by atoms with E-state index in [4.69, 9.17) is 0 Å². The first kappa shape index (κ1) is 11.0. The third kappa shape index (κ3) is 1.78. The molecule has 0 saturated carbocycles. The molecule has 18 heavy (non-hydrogen) atoms. The highest BCUT2D eigenvalue weighted by molar-refractivity contribution is 8.18. The highest BCUT2D eigenvalue weighted by atomic mass is 32.2. The van der Waals surface area contributed by atoms with Crippen molar-refractivity contribution in [2.45, 2.75) is 0 Å². The minimum Gasteiger partial charge on any atom is -0.282 e. The van der Waals surface area contributed by atoms with Crippen molar-refractivity contribution in [2.24, 2.45) is 7.05 Å². The molecule has 7 heteroatoms. The highest BCUT2D eigenvalue weighted by Gasteiger charge is 2.24. The van der Waals surface area contributed by atoms with E-state index >= 15 is 0 Å². The van der Waals surface area contributed by atoms with Crippen LogP contribution in [0.4, 0.5) is 4.79 Å². The Morgan fingerprint density at radius 3 is 2.94 bits per heavy atom. The van der Waals surface area contributed by atoms with E-state index in [1.807, 2.05) is 25.2 Å². The molecule has 1 aromatic heterocycles. The number of hydrogen-bond acceptors (Lipinski definition) is 5. The summed E-state index contributed by atoms with van der Waals surface area (Å²) in [6.45, 7) is 0. The van der Waals surface area contributed by atoms with Gasteiger partial charge in [0.05, 0.1) is 10.4 Å². The normalized spacial score (nSPS) is 17.7. The molecule has 0 aliphatic carbocycles. The number of nitrogens with zero attached hydrogens (tertiary/aromatic N) is 3. The second kappa shape index (κ2) is 3.95. The largest absolute Gasteiger partial charge is 0.290 e. The van der Waals surface area contributed by atoms with E-state index in [1.165, 1.54) is 0 Å². The SMILES string of the molecule is Cn1nnc2cc(C=C3SC(=O)NC3=O)ccc21. The Bertz CT molecular complexity index is 704. The molecular weight excluding hydrogens is 252 g/mol. The van der Waals surface area contributed by atoms with E-state index in [1.54, 1.807) is 10.8 Å². The van der Waals surface area contributed by atoms with Gasteiger partial charge in [-0.05, 0) is 35.5 Å². The summed E-state index contributed by atoms with van der Waals surface area (Å²) in [5, 5.41) is 9.77. The molecule has 6 nitrogen and oxygen atoms in total. The van der Waals surface area contributed by atoms with Crippen LogP contribution in [0.25, 0.3) is 17.1 Å². The standard InChI is InChI=1S/C11H8N4O2S/c1-15-8-3-2-6(4-7(8)13-14-15)5-9-10(16)12-11(17)18-9/h2-5H,1H3,(H,12,16,17). The lowest BCUT2D eigenvalue weighted by atomic mass is 10.2. The Labute approximate surface area is 106 Å². The molecule has 2 aromatic rings. The number of hydrogen-bond donors (Lipinski definition) is 1. The van der Waals surface area contributed by atoms with E-state index < -0.39 is 0 Å². The molecule has 1 fully saturated rings. The number of nitrogens with one attached hydrogen (secondary N) is 1. The predicted molar refractivity (Wildman–Crippen MR) is 67.6 cm³/mol. The summed E-state index contributed by atoms with van der Waals surface area (Å²) in [6, 6.07) is 5.56. The van der Waals surface area contributed by atoms with Gasteiger partial charge in [0.1, 0.15) is 5.52 Å². The zero-order valence-electron chi connectivity index (χ0n) is 9.38. The molecule has 1 saturated heterocycles. The van der Waals surface area contributed by atoms with Crippen molar-refractivity contribution in [1.29, 1.82) is 0 Å². The van der Waals surface area contributed by atoms with Gasteiger partial charge in [-0.1, -0.05) is 11.3 Å². The number of thioether (sulfide) groups is 1. The van der Waals surface area contributed by atoms with Gasteiger partial charge in [0.15, 0.2) is 0 Å². The fourth-order valence-corrected chi connectivity index (χ4v) is 2.40. The minimum absolute atomic E-state index is 0.341. The van der Waals surface area contributed by atoms with Gasteiger partial charge in [0.2, 0.25) is 0 Å². The van der Waals surface area contributed by atoms with E-state index in [0.29, 0.717) is 4.91 Å². The van der Waals surface area contributed by atoms with E-state index in [2.05, 4.69) is 15.6 Å². The Kier molecular flexibility index (Phi) is 2.41. The lowest BCUT2D eigenvalue weighted by Crippen LogP contribution is -2.17. The van der Waals surface area contributed by atoms with Gasteiger partial charge in [-0.2, -0.15) is 0 Å². The molecule has 0 atom stereocenters. The molecule has 1 aliphatic heterocycles. The number of imide groups is 1. The number of carbonyl (C=O) groups excluding carboxylic acids is 2. The van der Waals surface area contributed by atoms with E-state index in [9.17, 15) is 9.59 Å². The molecule has 1 aromatic carbocycles. The second-order valence-corrected chi connectivity index (χ2v) is 4.83. The van der Waals surface area contributed by atoms with Gasteiger partial charge in [0.25, 0.3) is 11.1 Å². The molecule has 0 radical (unpaired) electrons.